The predicted molar refractivity (Wildman–Crippen MR) is 221 cm³/mol. The van der Waals surface area contributed by atoms with Crippen molar-refractivity contribution in [3.63, 3.8) is 0 Å². The number of ether oxygens (including phenoxy) is 2. The number of aromatic nitrogens is 1. The van der Waals surface area contributed by atoms with Gasteiger partial charge in [-0.1, -0.05) is 78.9 Å². The highest BCUT2D eigenvalue weighted by Crippen LogP contribution is 2.43. The average molecular weight is 813 g/mol. The maximum atomic E-state index is 14.5. The van der Waals surface area contributed by atoms with E-state index in [9.17, 15) is 24.0 Å². The Morgan fingerprint density at radius 2 is 1.54 bits per heavy atom. The molecule has 1 aromatic heterocycles. The normalized spacial score (nSPS) is 19.5. The van der Waals surface area contributed by atoms with Gasteiger partial charge in [0.2, 0.25) is 12.5 Å². The Kier molecular flexibility index (Phi) is 11.1. The van der Waals surface area contributed by atoms with Crippen LogP contribution in [0.1, 0.15) is 55.5 Å². The minimum Gasteiger partial charge on any atom is -0.448 e. The molecule has 3 aromatic carbocycles. The van der Waals surface area contributed by atoms with E-state index in [2.05, 4.69) is 11.4 Å². The van der Waals surface area contributed by atoms with Crippen LogP contribution in [0.15, 0.2) is 132 Å². The van der Waals surface area contributed by atoms with Crippen LogP contribution in [0.5, 0.6) is 0 Å². The van der Waals surface area contributed by atoms with Crippen LogP contribution in [0.3, 0.4) is 0 Å². The lowest BCUT2D eigenvalue weighted by molar-refractivity contribution is -0.684. The summed E-state index contributed by atoms with van der Waals surface area (Å²) >= 11 is 1.39. The third-order valence-electron chi connectivity index (χ3n) is 10.7. The summed E-state index contributed by atoms with van der Waals surface area (Å²) in [7, 11) is 0. The molecule has 59 heavy (non-hydrogen) atoms. The summed E-state index contributed by atoms with van der Waals surface area (Å²) in [5.74, 6) is -1.03. The van der Waals surface area contributed by atoms with Crippen LogP contribution in [-0.2, 0) is 48.2 Å². The zero-order valence-electron chi connectivity index (χ0n) is 33.2. The number of hydrogen-bond acceptors (Lipinski definition) is 8. The van der Waals surface area contributed by atoms with E-state index in [1.54, 1.807) is 31.7 Å². The molecule has 4 aliphatic rings. The Morgan fingerprint density at radius 1 is 0.881 bits per heavy atom. The van der Waals surface area contributed by atoms with Gasteiger partial charge in [-0.25, -0.2) is 9.59 Å². The van der Waals surface area contributed by atoms with Crippen LogP contribution in [0.25, 0.3) is 0 Å². The van der Waals surface area contributed by atoms with Gasteiger partial charge in [-0.3, -0.25) is 19.3 Å². The van der Waals surface area contributed by atoms with E-state index in [1.807, 2.05) is 113 Å². The van der Waals surface area contributed by atoms with E-state index in [4.69, 9.17) is 9.47 Å². The summed E-state index contributed by atoms with van der Waals surface area (Å²) in [6.07, 6.45) is 5.25. The number of nitrogens with one attached hydrogen (secondary N) is 1. The maximum Gasteiger partial charge on any atom is 0.408 e. The number of benzene rings is 3. The number of anilines is 1. The van der Waals surface area contributed by atoms with Crippen molar-refractivity contribution < 1.29 is 38.0 Å². The summed E-state index contributed by atoms with van der Waals surface area (Å²) in [5, 5.41) is 2.10. The number of pyridine rings is 1. The Bertz CT molecular complexity index is 2300. The van der Waals surface area contributed by atoms with Gasteiger partial charge in [0.15, 0.2) is 18.5 Å². The first kappa shape index (κ1) is 39.6. The summed E-state index contributed by atoms with van der Waals surface area (Å²) in [6, 6.07) is 29.7. The number of amides is 4. The second kappa shape index (κ2) is 16.6. The number of hydrogen-bond donors (Lipinski definition) is 1. The maximum absolute atomic E-state index is 14.5. The lowest BCUT2D eigenvalue weighted by Crippen LogP contribution is -2.70. The van der Waals surface area contributed by atoms with E-state index in [0.29, 0.717) is 43.0 Å². The highest BCUT2D eigenvalue weighted by molar-refractivity contribution is 8.00. The predicted octanol–water partition coefficient (Wildman–Crippen LogP) is 5.62. The van der Waals surface area contributed by atoms with Gasteiger partial charge in [0, 0.05) is 48.8 Å². The van der Waals surface area contributed by atoms with Gasteiger partial charge in [-0.2, -0.15) is 4.57 Å². The number of carbonyl (C=O) groups is 5. The van der Waals surface area contributed by atoms with Crippen LogP contribution < -0.4 is 14.8 Å². The number of fused-ring (bicyclic) bond motifs is 2. The number of allylic oxidation sites excluding steroid dienone is 1. The van der Waals surface area contributed by atoms with Crippen molar-refractivity contribution in [1.82, 2.24) is 15.1 Å². The van der Waals surface area contributed by atoms with Gasteiger partial charge in [0.25, 0.3) is 11.8 Å². The second-order valence-electron chi connectivity index (χ2n) is 16.0. The van der Waals surface area contributed by atoms with E-state index in [0.717, 1.165) is 28.8 Å². The van der Waals surface area contributed by atoms with Gasteiger partial charge in [-0.05, 0) is 73.6 Å². The first-order valence-corrected chi connectivity index (χ1v) is 20.8. The molecule has 1 N–H and O–H groups in total. The number of thioether (sulfide) groups is 1. The van der Waals surface area contributed by atoms with Crippen molar-refractivity contribution in [1.29, 1.82) is 0 Å². The molecule has 2 atom stereocenters. The fourth-order valence-electron chi connectivity index (χ4n) is 7.84. The van der Waals surface area contributed by atoms with Crippen molar-refractivity contribution in [2.45, 2.75) is 69.8 Å². The molecular weight excluding hydrogens is 767 g/mol. The summed E-state index contributed by atoms with van der Waals surface area (Å²) in [5.41, 5.74) is 4.88. The lowest BCUT2D eigenvalue weighted by atomic mass is 10.00. The molecule has 12 nitrogen and oxygen atoms in total. The van der Waals surface area contributed by atoms with E-state index in [1.165, 1.54) is 22.2 Å². The van der Waals surface area contributed by atoms with Crippen molar-refractivity contribution in [2.75, 3.05) is 23.7 Å². The number of likely N-dealkylation sites (tertiary alicyclic amines) is 1. The van der Waals surface area contributed by atoms with E-state index in [-0.39, 0.29) is 24.1 Å². The number of esters is 1. The monoisotopic (exact) mass is 812 g/mol. The van der Waals surface area contributed by atoms with Crippen LogP contribution in [0.4, 0.5) is 10.5 Å². The Hall–Kier alpha value is -6.21. The third-order valence-corrected chi connectivity index (χ3v) is 12.0. The highest BCUT2D eigenvalue weighted by Gasteiger charge is 2.55. The molecule has 13 heteroatoms. The van der Waals surface area contributed by atoms with Crippen LogP contribution in [-0.4, -0.2) is 75.4 Å². The number of para-hydroxylation sites is 1. The first-order valence-electron chi connectivity index (χ1n) is 19.8. The van der Waals surface area contributed by atoms with E-state index >= 15 is 0 Å². The molecule has 302 valence electrons. The largest absolute Gasteiger partial charge is 0.448 e. The zero-order valence-corrected chi connectivity index (χ0v) is 34.0. The third kappa shape index (κ3) is 8.52. The fraction of sp³-hybridized carbons (Fsp3) is 0.304. The molecule has 5 heterocycles. The lowest BCUT2D eigenvalue weighted by Gasteiger charge is -2.49. The second-order valence-corrected chi connectivity index (χ2v) is 17.1. The van der Waals surface area contributed by atoms with Gasteiger partial charge in [0.05, 0.1) is 0 Å². The quantitative estimate of drug-likeness (QED) is 0.0947. The van der Waals surface area contributed by atoms with Crippen molar-refractivity contribution in [3.05, 3.63) is 155 Å². The first-order chi connectivity index (χ1) is 28.4. The van der Waals surface area contributed by atoms with Gasteiger partial charge < -0.3 is 24.6 Å². The van der Waals surface area contributed by atoms with Crippen LogP contribution in [0, 0.1) is 0 Å². The van der Waals surface area contributed by atoms with Crippen molar-refractivity contribution in [3.8, 4) is 0 Å². The molecule has 8 rings (SSSR count). The number of alkyl carbamates (subject to hydrolysis) is 1. The Morgan fingerprint density at radius 3 is 2.22 bits per heavy atom. The average Bonchev–Trinajstić information content (AvgIpc) is 3.82. The van der Waals surface area contributed by atoms with Gasteiger partial charge >= 0.3 is 12.1 Å². The molecule has 2 saturated heterocycles. The van der Waals surface area contributed by atoms with E-state index < -0.39 is 41.1 Å². The molecule has 0 bridgehead atoms. The summed E-state index contributed by atoms with van der Waals surface area (Å²) < 4.78 is 13.5. The standard InChI is InChI=1S/C46H45N5O7S/c1-46(2,3)58-45(56)47-38-42(54)51-39(44(55)57-40(32-13-6-4-7-14-32)33-15-8-5-9-16-33)35(29-59-43(38)51)26-34-20-24-49(41(34)53)27-30-18-22-48(23-19-30)28-37(52)50-25-21-31-12-10-11-17-36(31)50/h4-19,22-23,26,38,40,43H,20-21,24-25,27-29H2,1-3H3/p+1/b34-26+/t38-,43-/m1/s1. The summed E-state index contributed by atoms with van der Waals surface area (Å²) in [6.45, 7) is 6.94. The minimum atomic E-state index is -0.908. The topological polar surface area (TPSA) is 129 Å². The molecule has 0 spiro atoms. The molecule has 0 aliphatic carbocycles. The highest BCUT2D eigenvalue weighted by atomic mass is 32.2. The molecule has 4 aliphatic heterocycles. The zero-order chi connectivity index (χ0) is 41.3. The minimum absolute atomic E-state index is 0.0207. The van der Waals surface area contributed by atoms with Crippen molar-refractivity contribution >= 4 is 47.2 Å². The number of carbonyl (C=O) groups excluding carboxylic acids is 5. The molecular formula is C46H46N5O7S+. The van der Waals surface area contributed by atoms with Crippen molar-refractivity contribution in [2.24, 2.45) is 0 Å². The molecule has 4 aromatic rings. The molecule has 4 amide bonds. The fourth-order valence-corrected chi connectivity index (χ4v) is 9.15. The molecule has 0 unspecified atom stereocenters. The van der Waals surface area contributed by atoms with Gasteiger partial charge in [0.1, 0.15) is 22.7 Å². The summed E-state index contributed by atoms with van der Waals surface area (Å²) in [4.78, 5) is 73.0. The smallest absolute Gasteiger partial charge is 0.408 e. The van der Waals surface area contributed by atoms with Crippen LogP contribution >= 0.6 is 11.8 Å². The molecule has 2 fully saturated rings. The molecule has 0 radical (unpaired) electrons. The number of β-lactam (4-membered cyclic amide) rings is 1. The number of rotatable bonds is 10. The number of nitrogens with zero attached hydrogens (tertiary/aromatic N) is 4. The van der Waals surface area contributed by atoms with Gasteiger partial charge in [-0.15, -0.1) is 11.8 Å². The molecule has 0 saturated carbocycles. The van der Waals surface area contributed by atoms with Crippen LogP contribution in [0.2, 0.25) is 0 Å². The Labute approximate surface area is 347 Å². The Balaban J connectivity index is 1.01. The SMILES string of the molecule is CC(C)(C)OC(=O)N[C@@H]1C(=O)N2C(C(=O)OC(c3ccccc3)c3ccccc3)=C(/C=C3\CCN(Cc4cc[n+](CC(=O)N5CCc6ccccc65)cc4)C3=O)CS[C@H]12.